The van der Waals surface area contributed by atoms with Gasteiger partial charge in [-0.3, -0.25) is 4.79 Å². The number of benzene rings is 1. The fourth-order valence-corrected chi connectivity index (χ4v) is 1.31. The number of esters is 1. The summed E-state index contributed by atoms with van der Waals surface area (Å²) in [5.74, 6) is -0.823. The van der Waals surface area contributed by atoms with Crippen LogP contribution in [0.3, 0.4) is 0 Å². The average molecular weight is 247 g/mol. The van der Waals surface area contributed by atoms with Gasteiger partial charge in [-0.2, -0.15) is 0 Å². The predicted molar refractivity (Wildman–Crippen MR) is 69.7 cm³/mol. The largest absolute Gasteiger partial charge is 0.449 e. The van der Waals surface area contributed by atoms with Crippen molar-refractivity contribution in [1.82, 2.24) is 5.32 Å². The monoisotopic (exact) mass is 247 g/mol. The Kier molecular flexibility index (Phi) is 5.64. The first-order valence-corrected chi connectivity index (χ1v) is 5.85. The normalized spacial score (nSPS) is 12.1. The zero-order valence-corrected chi connectivity index (χ0v) is 10.6. The molecule has 0 bridgehead atoms. The highest BCUT2D eigenvalue weighted by Gasteiger charge is 2.14. The van der Waals surface area contributed by atoms with E-state index < -0.39 is 12.1 Å². The fraction of sp³-hybridized carbons (Fsp3) is 0.286. The van der Waals surface area contributed by atoms with Crippen molar-refractivity contribution in [3.63, 3.8) is 0 Å². The van der Waals surface area contributed by atoms with Crippen LogP contribution in [0.25, 0.3) is 6.08 Å². The maximum absolute atomic E-state index is 11.4. The molecule has 96 valence electrons. The Balaban J connectivity index is 2.47. The molecule has 0 spiro atoms. The van der Waals surface area contributed by atoms with Gasteiger partial charge in [-0.1, -0.05) is 30.3 Å². The van der Waals surface area contributed by atoms with E-state index in [1.807, 2.05) is 37.3 Å². The van der Waals surface area contributed by atoms with E-state index in [1.54, 1.807) is 13.0 Å². The molecule has 4 heteroatoms. The van der Waals surface area contributed by atoms with E-state index in [-0.39, 0.29) is 5.91 Å². The Morgan fingerprint density at radius 1 is 1.33 bits per heavy atom. The first-order chi connectivity index (χ1) is 8.63. The van der Waals surface area contributed by atoms with Gasteiger partial charge in [0, 0.05) is 12.6 Å². The molecular formula is C14H17NO3. The summed E-state index contributed by atoms with van der Waals surface area (Å²) in [6, 6.07) is 9.39. The summed E-state index contributed by atoms with van der Waals surface area (Å²) in [6.07, 6.45) is 2.18. The van der Waals surface area contributed by atoms with Gasteiger partial charge >= 0.3 is 5.97 Å². The van der Waals surface area contributed by atoms with Gasteiger partial charge in [-0.15, -0.1) is 0 Å². The molecular weight excluding hydrogens is 230 g/mol. The van der Waals surface area contributed by atoms with Crippen molar-refractivity contribution in [3.8, 4) is 0 Å². The van der Waals surface area contributed by atoms with Crippen molar-refractivity contribution < 1.29 is 14.3 Å². The second kappa shape index (κ2) is 7.27. The summed E-state index contributed by atoms with van der Waals surface area (Å²) in [7, 11) is 0. The van der Waals surface area contributed by atoms with Crippen LogP contribution in [0.1, 0.15) is 19.4 Å². The number of likely N-dealkylation sites (N-methyl/N-ethyl adjacent to an activating group) is 1. The number of carbonyl (C=O) groups excluding carboxylic acids is 2. The van der Waals surface area contributed by atoms with Gasteiger partial charge in [-0.05, 0) is 25.5 Å². The molecule has 1 amide bonds. The van der Waals surface area contributed by atoms with Gasteiger partial charge in [0.1, 0.15) is 0 Å². The van der Waals surface area contributed by atoms with E-state index >= 15 is 0 Å². The third kappa shape index (κ3) is 4.82. The Bertz CT molecular complexity index is 426. The van der Waals surface area contributed by atoms with Crippen LogP contribution in [-0.4, -0.2) is 24.5 Å². The smallest absolute Gasteiger partial charge is 0.331 e. The van der Waals surface area contributed by atoms with Gasteiger partial charge in [0.05, 0.1) is 0 Å². The van der Waals surface area contributed by atoms with Crippen LogP contribution in [0.5, 0.6) is 0 Å². The highest BCUT2D eigenvalue weighted by atomic mass is 16.5. The number of ether oxygens (including phenoxy) is 1. The molecule has 0 fully saturated rings. The quantitative estimate of drug-likeness (QED) is 0.637. The van der Waals surface area contributed by atoms with Crippen molar-refractivity contribution in [2.45, 2.75) is 20.0 Å². The zero-order valence-electron chi connectivity index (χ0n) is 10.6. The van der Waals surface area contributed by atoms with Crippen LogP contribution < -0.4 is 5.32 Å². The molecule has 0 aliphatic rings. The third-order valence-electron chi connectivity index (χ3n) is 2.22. The molecule has 0 aliphatic heterocycles. The molecule has 0 saturated heterocycles. The van der Waals surface area contributed by atoms with Crippen molar-refractivity contribution in [1.29, 1.82) is 0 Å². The SMILES string of the molecule is CCNC(=O)[C@H](C)OC(=O)/C=C/c1ccccc1. The van der Waals surface area contributed by atoms with Gasteiger partial charge in [0.15, 0.2) is 6.10 Å². The summed E-state index contributed by atoms with van der Waals surface area (Å²) >= 11 is 0. The molecule has 1 aromatic carbocycles. The van der Waals surface area contributed by atoms with E-state index in [1.165, 1.54) is 6.08 Å². The van der Waals surface area contributed by atoms with Crippen LogP contribution in [0.15, 0.2) is 36.4 Å². The lowest BCUT2D eigenvalue weighted by atomic mass is 10.2. The van der Waals surface area contributed by atoms with Crippen LogP contribution in [0, 0.1) is 0 Å². The molecule has 1 aromatic rings. The zero-order chi connectivity index (χ0) is 13.4. The molecule has 0 aromatic heterocycles. The number of amides is 1. The van der Waals surface area contributed by atoms with E-state index in [0.29, 0.717) is 6.54 Å². The maximum atomic E-state index is 11.4. The van der Waals surface area contributed by atoms with E-state index in [9.17, 15) is 9.59 Å². The lowest BCUT2D eigenvalue weighted by Gasteiger charge is -2.10. The molecule has 1 rings (SSSR count). The van der Waals surface area contributed by atoms with Crippen molar-refractivity contribution >= 4 is 18.0 Å². The minimum Gasteiger partial charge on any atom is -0.449 e. The minimum atomic E-state index is -0.780. The van der Waals surface area contributed by atoms with Gasteiger partial charge in [0.25, 0.3) is 5.91 Å². The number of hydrogen-bond acceptors (Lipinski definition) is 3. The average Bonchev–Trinajstić information content (AvgIpc) is 2.38. The highest BCUT2D eigenvalue weighted by molar-refractivity contribution is 5.90. The lowest BCUT2D eigenvalue weighted by molar-refractivity contribution is -0.150. The standard InChI is InChI=1S/C14H17NO3/c1-3-15-14(17)11(2)18-13(16)10-9-12-7-5-4-6-8-12/h4-11H,3H2,1-2H3,(H,15,17)/b10-9+/t11-/m0/s1. The van der Waals surface area contributed by atoms with Crippen molar-refractivity contribution in [2.24, 2.45) is 0 Å². The molecule has 18 heavy (non-hydrogen) atoms. The first kappa shape index (κ1) is 14.0. The van der Waals surface area contributed by atoms with Gasteiger partial charge in [-0.25, -0.2) is 4.79 Å². The number of hydrogen-bond donors (Lipinski definition) is 1. The summed E-state index contributed by atoms with van der Waals surface area (Å²) in [5.41, 5.74) is 0.903. The van der Waals surface area contributed by atoms with Gasteiger partial charge < -0.3 is 10.1 Å². The lowest BCUT2D eigenvalue weighted by Crippen LogP contribution is -2.35. The molecule has 0 radical (unpaired) electrons. The molecule has 0 aliphatic carbocycles. The van der Waals surface area contributed by atoms with Crippen LogP contribution in [-0.2, 0) is 14.3 Å². The van der Waals surface area contributed by atoms with Gasteiger partial charge in [0.2, 0.25) is 0 Å². The minimum absolute atomic E-state index is 0.293. The van der Waals surface area contributed by atoms with Crippen LogP contribution in [0.4, 0.5) is 0 Å². The van der Waals surface area contributed by atoms with E-state index in [4.69, 9.17) is 4.74 Å². The second-order valence-electron chi connectivity index (χ2n) is 3.72. The topological polar surface area (TPSA) is 55.4 Å². The molecule has 0 heterocycles. The fourth-order valence-electron chi connectivity index (χ4n) is 1.31. The van der Waals surface area contributed by atoms with Crippen LogP contribution >= 0.6 is 0 Å². The summed E-state index contributed by atoms with van der Waals surface area (Å²) < 4.78 is 4.95. The number of nitrogens with one attached hydrogen (secondary N) is 1. The van der Waals surface area contributed by atoms with E-state index in [0.717, 1.165) is 5.56 Å². The Morgan fingerprint density at radius 2 is 2.00 bits per heavy atom. The van der Waals surface area contributed by atoms with Crippen molar-refractivity contribution in [3.05, 3.63) is 42.0 Å². The Morgan fingerprint density at radius 3 is 2.61 bits per heavy atom. The molecule has 1 atom stereocenters. The van der Waals surface area contributed by atoms with Crippen molar-refractivity contribution in [2.75, 3.05) is 6.54 Å². The third-order valence-corrected chi connectivity index (χ3v) is 2.22. The number of carbonyl (C=O) groups is 2. The highest BCUT2D eigenvalue weighted by Crippen LogP contribution is 2.02. The maximum Gasteiger partial charge on any atom is 0.331 e. The molecule has 0 saturated carbocycles. The Labute approximate surface area is 107 Å². The summed E-state index contributed by atoms with van der Waals surface area (Å²) in [6.45, 7) is 3.86. The second-order valence-corrected chi connectivity index (χ2v) is 3.72. The van der Waals surface area contributed by atoms with Crippen LogP contribution in [0.2, 0.25) is 0 Å². The molecule has 4 nitrogen and oxygen atoms in total. The molecule has 0 unspecified atom stereocenters. The van der Waals surface area contributed by atoms with E-state index in [2.05, 4.69) is 5.32 Å². The molecule has 1 N–H and O–H groups in total. The summed E-state index contributed by atoms with van der Waals surface area (Å²) in [4.78, 5) is 22.8. The Hall–Kier alpha value is -2.10. The first-order valence-electron chi connectivity index (χ1n) is 5.85. The predicted octanol–water partition coefficient (Wildman–Crippen LogP) is 1.77. The number of rotatable bonds is 5. The summed E-state index contributed by atoms with van der Waals surface area (Å²) in [5, 5.41) is 2.58.